The molecule has 1 amide bonds. The number of carbonyl (C=O) groups is 1. The van der Waals surface area contributed by atoms with E-state index < -0.39 is 0 Å². The van der Waals surface area contributed by atoms with Crippen LogP contribution in [0.15, 0.2) is 0 Å². The van der Waals surface area contributed by atoms with Crippen LogP contribution >= 0.6 is 0 Å². The van der Waals surface area contributed by atoms with Gasteiger partial charge in [-0.1, -0.05) is 0 Å². The Morgan fingerprint density at radius 2 is 2.21 bits per heavy atom. The summed E-state index contributed by atoms with van der Waals surface area (Å²) in [6.07, 6.45) is 2.03. The second-order valence-corrected chi connectivity index (χ2v) is 3.79. The first-order valence-corrected chi connectivity index (χ1v) is 5.06. The summed E-state index contributed by atoms with van der Waals surface area (Å²) in [7, 11) is 0. The van der Waals surface area contributed by atoms with Gasteiger partial charge in [-0.3, -0.25) is 9.63 Å². The SMILES string of the molecule is NC1COCC1C(=O)N1CCCCO1. The van der Waals surface area contributed by atoms with Crippen molar-refractivity contribution in [3.63, 3.8) is 0 Å². The fraction of sp³-hybridized carbons (Fsp3) is 0.889. The van der Waals surface area contributed by atoms with Crippen molar-refractivity contribution in [3.05, 3.63) is 0 Å². The van der Waals surface area contributed by atoms with E-state index in [0.29, 0.717) is 26.4 Å². The minimum absolute atomic E-state index is 0.0188. The predicted octanol–water partition coefficient (Wildman–Crippen LogP) is -0.486. The molecule has 0 aliphatic carbocycles. The zero-order chi connectivity index (χ0) is 9.97. The van der Waals surface area contributed by atoms with Crippen molar-refractivity contribution in [3.8, 4) is 0 Å². The summed E-state index contributed by atoms with van der Waals surface area (Å²) in [5.74, 6) is -0.234. The maximum Gasteiger partial charge on any atom is 0.253 e. The maximum absolute atomic E-state index is 11.9. The molecule has 2 fully saturated rings. The average Bonchev–Trinajstić information content (AvgIpc) is 2.65. The molecule has 2 saturated heterocycles. The standard InChI is InChI=1S/C9H16N2O3/c10-8-6-13-5-7(8)9(12)11-3-1-2-4-14-11/h7-8H,1-6,10H2. The molecule has 2 unspecified atom stereocenters. The van der Waals surface area contributed by atoms with Crippen molar-refractivity contribution in [2.75, 3.05) is 26.4 Å². The summed E-state index contributed by atoms with van der Waals surface area (Å²) in [5.41, 5.74) is 5.76. The normalized spacial score (nSPS) is 33.4. The van der Waals surface area contributed by atoms with E-state index in [0.717, 1.165) is 12.8 Å². The number of nitrogens with two attached hydrogens (primary N) is 1. The lowest BCUT2D eigenvalue weighted by Gasteiger charge is -2.28. The third kappa shape index (κ3) is 1.89. The fourth-order valence-electron chi connectivity index (χ4n) is 1.78. The predicted molar refractivity (Wildman–Crippen MR) is 49.2 cm³/mol. The lowest BCUT2D eigenvalue weighted by atomic mass is 10.0. The van der Waals surface area contributed by atoms with Gasteiger partial charge in [0.15, 0.2) is 0 Å². The van der Waals surface area contributed by atoms with E-state index in [-0.39, 0.29) is 17.9 Å². The summed E-state index contributed by atoms with van der Waals surface area (Å²) in [6.45, 7) is 2.22. The molecular formula is C9H16N2O3. The van der Waals surface area contributed by atoms with Gasteiger partial charge in [0.05, 0.1) is 25.7 Å². The van der Waals surface area contributed by atoms with Gasteiger partial charge in [-0.15, -0.1) is 0 Å². The molecule has 0 aromatic carbocycles. The molecule has 0 aromatic heterocycles. The van der Waals surface area contributed by atoms with E-state index in [9.17, 15) is 4.79 Å². The van der Waals surface area contributed by atoms with Crippen LogP contribution in [0, 0.1) is 5.92 Å². The van der Waals surface area contributed by atoms with Crippen molar-refractivity contribution in [2.45, 2.75) is 18.9 Å². The molecule has 2 N–H and O–H groups in total. The van der Waals surface area contributed by atoms with Crippen molar-refractivity contribution in [2.24, 2.45) is 11.7 Å². The molecule has 0 bridgehead atoms. The van der Waals surface area contributed by atoms with E-state index in [1.54, 1.807) is 0 Å². The lowest BCUT2D eigenvalue weighted by Crippen LogP contribution is -2.45. The van der Waals surface area contributed by atoms with Crippen LogP contribution in [0.2, 0.25) is 0 Å². The molecular weight excluding hydrogens is 184 g/mol. The molecule has 0 radical (unpaired) electrons. The Hall–Kier alpha value is -0.650. The van der Waals surface area contributed by atoms with E-state index in [4.69, 9.17) is 15.3 Å². The molecule has 0 spiro atoms. The summed E-state index contributed by atoms with van der Waals surface area (Å²) >= 11 is 0. The molecule has 5 nitrogen and oxygen atoms in total. The molecule has 2 rings (SSSR count). The largest absolute Gasteiger partial charge is 0.379 e. The van der Waals surface area contributed by atoms with Gasteiger partial charge in [-0.05, 0) is 12.8 Å². The van der Waals surface area contributed by atoms with Crippen LogP contribution in [0.3, 0.4) is 0 Å². The number of hydrogen-bond acceptors (Lipinski definition) is 4. The molecule has 5 heteroatoms. The quantitative estimate of drug-likeness (QED) is 0.620. The minimum Gasteiger partial charge on any atom is -0.379 e. The van der Waals surface area contributed by atoms with Crippen molar-refractivity contribution >= 4 is 5.91 Å². The lowest BCUT2D eigenvalue weighted by molar-refractivity contribution is -0.201. The number of nitrogens with zero attached hydrogens (tertiary/aromatic N) is 1. The van der Waals surface area contributed by atoms with Crippen LogP contribution in [-0.4, -0.2) is 43.4 Å². The highest BCUT2D eigenvalue weighted by atomic mass is 16.7. The minimum atomic E-state index is -0.215. The Balaban J connectivity index is 1.92. The zero-order valence-corrected chi connectivity index (χ0v) is 8.15. The van der Waals surface area contributed by atoms with Crippen LogP contribution in [0.4, 0.5) is 0 Å². The third-order valence-corrected chi connectivity index (χ3v) is 2.69. The second kappa shape index (κ2) is 4.25. The highest BCUT2D eigenvalue weighted by Crippen LogP contribution is 2.17. The zero-order valence-electron chi connectivity index (χ0n) is 8.15. The van der Waals surface area contributed by atoms with Crippen molar-refractivity contribution in [1.82, 2.24) is 5.06 Å². The molecule has 2 heterocycles. The van der Waals surface area contributed by atoms with Gasteiger partial charge < -0.3 is 10.5 Å². The second-order valence-electron chi connectivity index (χ2n) is 3.79. The topological polar surface area (TPSA) is 64.8 Å². The van der Waals surface area contributed by atoms with E-state index in [1.807, 2.05) is 0 Å². The molecule has 2 atom stereocenters. The van der Waals surface area contributed by atoms with Crippen molar-refractivity contribution < 1.29 is 14.4 Å². The molecule has 80 valence electrons. The smallest absolute Gasteiger partial charge is 0.253 e. The Morgan fingerprint density at radius 3 is 2.79 bits per heavy atom. The number of rotatable bonds is 1. The van der Waals surface area contributed by atoms with Crippen LogP contribution in [0.25, 0.3) is 0 Å². The van der Waals surface area contributed by atoms with E-state index in [1.165, 1.54) is 5.06 Å². The first-order valence-electron chi connectivity index (χ1n) is 5.06. The highest BCUT2D eigenvalue weighted by molar-refractivity contribution is 5.79. The Kier molecular flexibility index (Phi) is 3.00. The van der Waals surface area contributed by atoms with Crippen LogP contribution < -0.4 is 5.73 Å². The number of amides is 1. The first kappa shape index (κ1) is 9.89. The maximum atomic E-state index is 11.9. The number of carbonyl (C=O) groups excluding carboxylic acids is 1. The van der Waals surface area contributed by atoms with Gasteiger partial charge in [0.25, 0.3) is 5.91 Å². The van der Waals surface area contributed by atoms with Gasteiger partial charge in [0.1, 0.15) is 0 Å². The van der Waals surface area contributed by atoms with Crippen LogP contribution in [0.1, 0.15) is 12.8 Å². The third-order valence-electron chi connectivity index (χ3n) is 2.69. The number of hydrogen-bond donors (Lipinski definition) is 1. The number of hydroxylamine groups is 2. The summed E-state index contributed by atoms with van der Waals surface area (Å²) in [5, 5.41) is 1.45. The number of ether oxygens (including phenoxy) is 1. The fourth-order valence-corrected chi connectivity index (χ4v) is 1.78. The first-order chi connectivity index (χ1) is 6.79. The molecule has 0 saturated carbocycles. The molecule has 14 heavy (non-hydrogen) atoms. The highest BCUT2D eigenvalue weighted by Gasteiger charge is 2.35. The molecule has 2 aliphatic rings. The van der Waals surface area contributed by atoms with E-state index >= 15 is 0 Å². The summed E-state index contributed by atoms with van der Waals surface area (Å²) in [4.78, 5) is 17.1. The van der Waals surface area contributed by atoms with Gasteiger partial charge in [-0.25, -0.2) is 5.06 Å². The summed E-state index contributed by atoms with van der Waals surface area (Å²) in [6, 6.07) is -0.173. The van der Waals surface area contributed by atoms with Crippen molar-refractivity contribution in [1.29, 1.82) is 0 Å². The summed E-state index contributed by atoms with van der Waals surface area (Å²) < 4.78 is 5.15. The molecule has 2 aliphatic heterocycles. The average molecular weight is 200 g/mol. The van der Waals surface area contributed by atoms with Gasteiger partial charge >= 0.3 is 0 Å². The van der Waals surface area contributed by atoms with Gasteiger partial charge in [-0.2, -0.15) is 0 Å². The molecule has 0 aromatic rings. The Morgan fingerprint density at radius 1 is 1.36 bits per heavy atom. The van der Waals surface area contributed by atoms with Gasteiger partial charge in [0.2, 0.25) is 0 Å². The Bertz CT molecular complexity index is 216. The van der Waals surface area contributed by atoms with Crippen LogP contribution in [0.5, 0.6) is 0 Å². The van der Waals surface area contributed by atoms with Gasteiger partial charge in [0, 0.05) is 12.6 Å². The Labute approximate surface area is 83.1 Å². The monoisotopic (exact) mass is 200 g/mol. The van der Waals surface area contributed by atoms with E-state index in [2.05, 4.69) is 0 Å². The van der Waals surface area contributed by atoms with Crippen LogP contribution in [-0.2, 0) is 14.4 Å².